The molecule has 3 aromatic heterocycles. The molecule has 0 saturated heterocycles. The van der Waals surface area contributed by atoms with E-state index in [1.54, 1.807) is 4.90 Å². The van der Waals surface area contributed by atoms with E-state index in [1.807, 2.05) is 50.5 Å². The lowest BCUT2D eigenvalue weighted by molar-refractivity contribution is -0.130. The molecule has 25 heavy (non-hydrogen) atoms. The Balaban J connectivity index is 1.70. The van der Waals surface area contributed by atoms with E-state index in [4.69, 9.17) is 11.6 Å². The van der Waals surface area contributed by atoms with E-state index in [-0.39, 0.29) is 5.91 Å². The molecule has 0 aliphatic heterocycles. The number of thiophene rings is 1. The number of halogens is 1. The molecule has 3 rings (SSSR count). The topological polar surface area (TPSA) is 50.5 Å². The van der Waals surface area contributed by atoms with Crippen molar-refractivity contribution in [3.8, 4) is 0 Å². The first-order valence-corrected chi connectivity index (χ1v) is 9.35. The van der Waals surface area contributed by atoms with Crippen LogP contribution in [0, 0.1) is 20.8 Å². The Labute approximate surface area is 156 Å². The predicted octanol–water partition coefficient (Wildman–Crippen LogP) is 3.96. The molecule has 0 unspecified atom stereocenters. The fourth-order valence-corrected chi connectivity index (χ4v) is 4.13. The first kappa shape index (κ1) is 17.9. The summed E-state index contributed by atoms with van der Waals surface area (Å²) in [6.07, 6.45) is 1.11. The largest absolute Gasteiger partial charge is 0.341 e. The van der Waals surface area contributed by atoms with E-state index in [2.05, 4.69) is 10.1 Å². The van der Waals surface area contributed by atoms with Crippen LogP contribution in [0.15, 0.2) is 18.2 Å². The number of hydrogen-bond donors (Lipinski definition) is 0. The van der Waals surface area contributed by atoms with Gasteiger partial charge in [0.2, 0.25) is 5.91 Å². The van der Waals surface area contributed by atoms with Crippen LogP contribution in [-0.2, 0) is 17.8 Å². The zero-order valence-corrected chi connectivity index (χ0v) is 16.4. The Hall–Kier alpha value is -1.92. The molecular weight excluding hydrogens is 356 g/mol. The molecule has 132 valence electrons. The van der Waals surface area contributed by atoms with Crippen LogP contribution in [0.25, 0.3) is 5.65 Å². The Morgan fingerprint density at radius 1 is 1.32 bits per heavy atom. The molecule has 3 aromatic rings. The number of amides is 1. The standard InChI is InChI=1S/C18H21ClN4OS/c1-11-9-17-20-12(2)15(13(3)23(17)21-11)6-8-18(24)22(4)10-14-5-7-16(19)25-14/h5,7,9H,6,8,10H2,1-4H3. The monoisotopic (exact) mass is 376 g/mol. The second-order valence-corrected chi connectivity index (χ2v) is 8.07. The van der Waals surface area contributed by atoms with E-state index in [1.165, 1.54) is 11.3 Å². The number of aromatic nitrogens is 3. The minimum Gasteiger partial charge on any atom is -0.341 e. The normalized spacial score (nSPS) is 11.2. The van der Waals surface area contributed by atoms with Crippen molar-refractivity contribution in [1.29, 1.82) is 0 Å². The first-order chi connectivity index (χ1) is 11.8. The Morgan fingerprint density at radius 3 is 2.76 bits per heavy atom. The molecular formula is C18H21ClN4OS. The molecule has 0 fully saturated rings. The van der Waals surface area contributed by atoms with E-state index >= 15 is 0 Å². The number of hydrogen-bond acceptors (Lipinski definition) is 4. The fourth-order valence-electron chi connectivity index (χ4n) is 2.98. The van der Waals surface area contributed by atoms with Gasteiger partial charge >= 0.3 is 0 Å². The summed E-state index contributed by atoms with van der Waals surface area (Å²) in [5.74, 6) is 0.111. The van der Waals surface area contributed by atoms with Crippen molar-refractivity contribution in [2.45, 2.75) is 40.2 Å². The van der Waals surface area contributed by atoms with Gasteiger partial charge in [0.05, 0.1) is 16.6 Å². The zero-order chi connectivity index (χ0) is 18.1. The molecule has 0 aromatic carbocycles. The van der Waals surface area contributed by atoms with Crippen LogP contribution in [0.1, 0.15) is 33.9 Å². The average molecular weight is 377 g/mol. The number of carbonyl (C=O) groups excluding carboxylic acids is 1. The minimum absolute atomic E-state index is 0.111. The Kier molecular flexibility index (Phi) is 5.11. The van der Waals surface area contributed by atoms with Gasteiger partial charge < -0.3 is 4.90 Å². The second-order valence-electron chi connectivity index (χ2n) is 6.27. The molecule has 0 saturated carbocycles. The van der Waals surface area contributed by atoms with Gasteiger partial charge in [0.15, 0.2) is 5.65 Å². The van der Waals surface area contributed by atoms with E-state index in [0.717, 1.165) is 37.5 Å². The van der Waals surface area contributed by atoms with E-state index in [9.17, 15) is 4.79 Å². The average Bonchev–Trinajstić information content (AvgIpc) is 3.12. The highest BCUT2D eigenvalue weighted by molar-refractivity contribution is 7.16. The van der Waals surface area contributed by atoms with Crippen LogP contribution < -0.4 is 0 Å². The van der Waals surface area contributed by atoms with Crippen LogP contribution in [-0.4, -0.2) is 32.5 Å². The number of rotatable bonds is 5. The minimum atomic E-state index is 0.111. The highest BCUT2D eigenvalue weighted by Crippen LogP contribution is 2.23. The molecule has 0 aliphatic carbocycles. The highest BCUT2D eigenvalue weighted by atomic mass is 35.5. The lowest BCUT2D eigenvalue weighted by atomic mass is 10.1. The summed E-state index contributed by atoms with van der Waals surface area (Å²) in [7, 11) is 1.83. The van der Waals surface area contributed by atoms with Crippen molar-refractivity contribution < 1.29 is 4.79 Å². The molecule has 0 N–H and O–H groups in total. The summed E-state index contributed by atoms with van der Waals surface area (Å²) >= 11 is 7.46. The van der Waals surface area contributed by atoms with Crippen molar-refractivity contribution in [2.24, 2.45) is 0 Å². The van der Waals surface area contributed by atoms with Crippen molar-refractivity contribution in [3.05, 3.63) is 50.1 Å². The number of nitrogens with zero attached hydrogens (tertiary/aromatic N) is 4. The van der Waals surface area contributed by atoms with Gasteiger partial charge in [-0.25, -0.2) is 9.50 Å². The number of fused-ring (bicyclic) bond motifs is 1. The van der Waals surface area contributed by atoms with Gasteiger partial charge in [0, 0.05) is 35.8 Å². The fraction of sp³-hybridized carbons (Fsp3) is 0.389. The van der Waals surface area contributed by atoms with Crippen LogP contribution in [0.4, 0.5) is 0 Å². The van der Waals surface area contributed by atoms with Crippen LogP contribution in [0.3, 0.4) is 0 Å². The second kappa shape index (κ2) is 7.14. The Bertz CT molecular complexity index is 931. The molecule has 3 heterocycles. The maximum absolute atomic E-state index is 12.5. The molecule has 5 nitrogen and oxygen atoms in total. The SMILES string of the molecule is Cc1cc2nc(C)c(CCC(=O)N(C)Cc3ccc(Cl)s3)c(C)n2n1. The lowest BCUT2D eigenvalue weighted by Crippen LogP contribution is -2.26. The number of carbonyl (C=O) groups is 1. The summed E-state index contributed by atoms with van der Waals surface area (Å²) in [6.45, 7) is 6.57. The van der Waals surface area contributed by atoms with Crippen LogP contribution in [0.2, 0.25) is 4.34 Å². The quantitative estimate of drug-likeness (QED) is 0.677. The summed E-state index contributed by atoms with van der Waals surface area (Å²) in [6, 6.07) is 5.79. The van der Waals surface area contributed by atoms with E-state index < -0.39 is 0 Å². The third-order valence-electron chi connectivity index (χ3n) is 4.32. The van der Waals surface area contributed by atoms with Gasteiger partial charge in [0.1, 0.15) is 0 Å². The van der Waals surface area contributed by atoms with Crippen molar-refractivity contribution >= 4 is 34.5 Å². The van der Waals surface area contributed by atoms with Crippen molar-refractivity contribution in [3.63, 3.8) is 0 Å². The van der Waals surface area contributed by atoms with Crippen molar-refractivity contribution in [1.82, 2.24) is 19.5 Å². The lowest BCUT2D eigenvalue weighted by Gasteiger charge is -2.17. The molecule has 0 atom stereocenters. The maximum atomic E-state index is 12.5. The summed E-state index contributed by atoms with van der Waals surface area (Å²) in [5.41, 5.74) is 4.91. The first-order valence-electron chi connectivity index (χ1n) is 8.16. The maximum Gasteiger partial charge on any atom is 0.222 e. The van der Waals surface area contributed by atoms with Crippen molar-refractivity contribution in [2.75, 3.05) is 7.05 Å². The zero-order valence-electron chi connectivity index (χ0n) is 14.8. The summed E-state index contributed by atoms with van der Waals surface area (Å²) in [5, 5.41) is 4.48. The van der Waals surface area contributed by atoms with Gasteiger partial charge in [-0.05, 0) is 44.9 Å². The third-order valence-corrected chi connectivity index (χ3v) is 5.54. The third kappa shape index (κ3) is 3.85. The van der Waals surface area contributed by atoms with Gasteiger partial charge in [-0.1, -0.05) is 11.6 Å². The number of aryl methyl sites for hydroxylation is 3. The molecule has 0 radical (unpaired) electrons. The predicted molar refractivity (Wildman–Crippen MR) is 101 cm³/mol. The van der Waals surface area contributed by atoms with Gasteiger partial charge in [0.25, 0.3) is 0 Å². The smallest absolute Gasteiger partial charge is 0.222 e. The summed E-state index contributed by atoms with van der Waals surface area (Å²) < 4.78 is 2.61. The highest BCUT2D eigenvalue weighted by Gasteiger charge is 2.15. The van der Waals surface area contributed by atoms with Gasteiger partial charge in [-0.2, -0.15) is 5.10 Å². The van der Waals surface area contributed by atoms with Crippen LogP contribution in [0.5, 0.6) is 0 Å². The molecule has 7 heteroatoms. The summed E-state index contributed by atoms with van der Waals surface area (Å²) in [4.78, 5) is 19.9. The van der Waals surface area contributed by atoms with Crippen LogP contribution >= 0.6 is 22.9 Å². The molecule has 1 amide bonds. The van der Waals surface area contributed by atoms with Gasteiger partial charge in [-0.3, -0.25) is 4.79 Å². The molecule has 0 spiro atoms. The van der Waals surface area contributed by atoms with Gasteiger partial charge in [-0.15, -0.1) is 11.3 Å². The molecule has 0 bridgehead atoms. The Morgan fingerprint density at radius 2 is 2.08 bits per heavy atom. The molecule has 0 aliphatic rings. The van der Waals surface area contributed by atoms with E-state index in [0.29, 0.717) is 19.4 Å².